The first kappa shape index (κ1) is 15.3. The third-order valence-electron chi connectivity index (χ3n) is 4.98. The molecule has 0 aromatic carbocycles. The highest BCUT2D eigenvalue weighted by Crippen LogP contribution is 2.32. The van der Waals surface area contributed by atoms with Gasteiger partial charge in [0.1, 0.15) is 0 Å². The van der Waals surface area contributed by atoms with Gasteiger partial charge in [0.15, 0.2) is 9.84 Å². The average Bonchev–Trinajstić information content (AvgIpc) is 2.72. The van der Waals surface area contributed by atoms with Gasteiger partial charge in [0.2, 0.25) is 0 Å². The summed E-state index contributed by atoms with van der Waals surface area (Å²) < 4.78 is 23.0. The third-order valence-corrected chi connectivity index (χ3v) is 6.73. The molecule has 2 fully saturated rings. The first-order valence-corrected chi connectivity index (χ1v) is 9.32. The van der Waals surface area contributed by atoms with Gasteiger partial charge in [-0.3, -0.25) is 0 Å². The SMILES string of the molecule is CCC1CCC(O)C(CN(C)C2CCS(=O)(=O)C2)C1. The van der Waals surface area contributed by atoms with Crippen LogP contribution in [0.2, 0.25) is 0 Å². The summed E-state index contributed by atoms with van der Waals surface area (Å²) in [6.07, 6.45) is 4.85. The molecule has 1 heterocycles. The molecule has 19 heavy (non-hydrogen) atoms. The van der Waals surface area contributed by atoms with Crippen molar-refractivity contribution >= 4 is 9.84 Å². The van der Waals surface area contributed by atoms with E-state index in [0.29, 0.717) is 17.4 Å². The van der Waals surface area contributed by atoms with Crippen LogP contribution in [0.1, 0.15) is 39.0 Å². The van der Waals surface area contributed by atoms with Gasteiger partial charge in [-0.15, -0.1) is 0 Å². The van der Waals surface area contributed by atoms with E-state index in [1.54, 1.807) is 0 Å². The van der Waals surface area contributed by atoms with Crippen LogP contribution in [0, 0.1) is 11.8 Å². The number of nitrogens with zero attached hydrogens (tertiary/aromatic N) is 1. The van der Waals surface area contributed by atoms with Crippen LogP contribution in [0.15, 0.2) is 0 Å². The lowest BCUT2D eigenvalue weighted by molar-refractivity contribution is 0.0258. The molecule has 1 saturated heterocycles. The molecule has 1 saturated carbocycles. The number of aliphatic hydroxyl groups excluding tert-OH is 1. The van der Waals surface area contributed by atoms with Gasteiger partial charge in [-0.25, -0.2) is 8.42 Å². The van der Waals surface area contributed by atoms with Crippen LogP contribution >= 0.6 is 0 Å². The van der Waals surface area contributed by atoms with Crippen molar-refractivity contribution in [3.05, 3.63) is 0 Å². The van der Waals surface area contributed by atoms with Crippen molar-refractivity contribution in [3.8, 4) is 0 Å². The summed E-state index contributed by atoms with van der Waals surface area (Å²) in [6.45, 7) is 3.05. The van der Waals surface area contributed by atoms with Crippen LogP contribution in [0.4, 0.5) is 0 Å². The minimum absolute atomic E-state index is 0.152. The van der Waals surface area contributed by atoms with E-state index < -0.39 is 9.84 Å². The Balaban J connectivity index is 1.89. The molecule has 2 aliphatic rings. The molecule has 4 nitrogen and oxygen atoms in total. The van der Waals surface area contributed by atoms with Crippen LogP contribution in [0.3, 0.4) is 0 Å². The highest BCUT2D eigenvalue weighted by molar-refractivity contribution is 7.91. The summed E-state index contributed by atoms with van der Waals surface area (Å²) in [6, 6.07) is 0.152. The van der Waals surface area contributed by atoms with Crippen molar-refractivity contribution < 1.29 is 13.5 Å². The van der Waals surface area contributed by atoms with E-state index in [9.17, 15) is 13.5 Å². The quantitative estimate of drug-likeness (QED) is 0.847. The molecular formula is C14H27NO3S. The first-order chi connectivity index (χ1) is 8.91. The maximum absolute atomic E-state index is 11.5. The van der Waals surface area contributed by atoms with Crippen LogP contribution in [-0.2, 0) is 9.84 Å². The summed E-state index contributed by atoms with van der Waals surface area (Å²) in [5.41, 5.74) is 0. The van der Waals surface area contributed by atoms with E-state index in [2.05, 4.69) is 11.8 Å². The van der Waals surface area contributed by atoms with Gasteiger partial charge in [0.05, 0.1) is 17.6 Å². The van der Waals surface area contributed by atoms with Gasteiger partial charge in [-0.2, -0.15) is 0 Å². The molecule has 1 aliphatic carbocycles. The summed E-state index contributed by atoms with van der Waals surface area (Å²) in [5.74, 6) is 1.66. The van der Waals surface area contributed by atoms with Crippen molar-refractivity contribution in [2.24, 2.45) is 11.8 Å². The van der Waals surface area contributed by atoms with Crippen LogP contribution < -0.4 is 0 Å². The predicted molar refractivity (Wildman–Crippen MR) is 76.8 cm³/mol. The number of hydrogen-bond donors (Lipinski definition) is 1. The highest BCUT2D eigenvalue weighted by atomic mass is 32.2. The Bertz CT molecular complexity index is 395. The molecular weight excluding hydrogens is 262 g/mol. The number of sulfone groups is 1. The van der Waals surface area contributed by atoms with Crippen LogP contribution in [0.25, 0.3) is 0 Å². The normalized spacial score (nSPS) is 38.7. The lowest BCUT2D eigenvalue weighted by Crippen LogP contribution is -2.42. The summed E-state index contributed by atoms with van der Waals surface area (Å²) in [7, 11) is -0.807. The van der Waals surface area contributed by atoms with E-state index in [1.807, 2.05) is 7.05 Å². The Hall–Kier alpha value is -0.130. The monoisotopic (exact) mass is 289 g/mol. The number of aliphatic hydroxyl groups is 1. The zero-order valence-corrected chi connectivity index (χ0v) is 12.9. The van der Waals surface area contributed by atoms with Gasteiger partial charge in [-0.1, -0.05) is 13.3 Å². The molecule has 4 unspecified atom stereocenters. The molecule has 0 aromatic rings. The van der Waals surface area contributed by atoms with Gasteiger partial charge in [-0.05, 0) is 44.6 Å². The minimum Gasteiger partial charge on any atom is -0.393 e. The fourth-order valence-corrected chi connectivity index (χ4v) is 5.36. The highest BCUT2D eigenvalue weighted by Gasteiger charge is 2.34. The summed E-state index contributed by atoms with van der Waals surface area (Å²) >= 11 is 0. The molecule has 5 heteroatoms. The second-order valence-corrected chi connectivity index (χ2v) is 8.64. The Kier molecular flexibility index (Phi) is 4.90. The second kappa shape index (κ2) is 6.10. The molecule has 112 valence electrons. The molecule has 1 N–H and O–H groups in total. The maximum Gasteiger partial charge on any atom is 0.151 e. The van der Waals surface area contributed by atoms with Crippen LogP contribution in [-0.4, -0.2) is 55.7 Å². The lowest BCUT2D eigenvalue weighted by atomic mass is 9.78. The number of hydrogen-bond acceptors (Lipinski definition) is 4. The molecule has 0 aromatic heterocycles. The van der Waals surface area contributed by atoms with Gasteiger partial charge in [0.25, 0.3) is 0 Å². The van der Waals surface area contributed by atoms with E-state index in [-0.39, 0.29) is 12.1 Å². The fraction of sp³-hybridized carbons (Fsp3) is 1.00. The van der Waals surface area contributed by atoms with Crippen molar-refractivity contribution in [1.82, 2.24) is 4.90 Å². The predicted octanol–water partition coefficient (Wildman–Crippen LogP) is 1.29. The minimum atomic E-state index is -2.81. The Morgan fingerprint density at radius 1 is 1.26 bits per heavy atom. The van der Waals surface area contributed by atoms with E-state index in [0.717, 1.165) is 38.1 Å². The molecule has 2 rings (SSSR count). The topological polar surface area (TPSA) is 57.6 Å². The van der Waals surface area contributed by atoms with E-state index >= 15 is 0 Å². The van der Waals surface area contributed by atoms with E-state index in [1.165, 1.54) is 6.42 Å². The van der Waals surface area contributed by atoms with Crippen molar-refractivity contribution in [1.29, 1.82) is 0 Å². The Morgan fingerprint density at radius 3 is 2.58 bits per heavy atom. The Morgan fingerprint density at radius 2 is 2.00 bits per heavy atom. The van der Waals surface area contributed by atoms with E-state index in [4.69, 9.17) is 0 Å². The van der Waals surface area contributed by atoms with Gasteiger partial charge in [0, 0.05) is 12.6 Å². The Labute approximate surface area is 117 Å². The van der Waals surface area contributed by atoms with Crippen LogP contribution in [0.5, 0.6) is 0 Å². The average molecular weight is 289 g/mol. The molecule has 0 radical (unpaired) electrons. The maximum atomic E-state index is 11.5. The fourth-order valence-electron chi connectivity index (χ4n) is 3.55. The standard InChI is InChI=1S/C14H27NO3S/c1-3-11-4-5-14(16)12(8-11)9-15(2)13-6-7-19(17,18)10-13/h11-14,16H,3-10H2,1-2H3. The molecule has 4 atom stereocenters. The van der Waals surface area contributed by atoms with Gasteiger partial charge >= 0.3 is 0 Å². The second-order valence-electron chi connectivity index (χ2n) is 6.41. The third kappa shape index (κ3) is 3.92. The molecule has 0 bridgehead atoms. The van der Waals surface area contributed by atoms with Gasteiger partial charge < -0.3 is 10.0 Å². The number of rotatable bonds is 4. The summed E-state index contributed by atoms with van der Waals surface area (Å²) in [5, 5.41) is 10.1. The first-order valence-electron chi connectivity index (χ1n) is 7.50. The summed E-state index contributed by atoms with van der Waals surface area (Å²) in [4.78, 5) is 2.16. The molecule has 1 aliphatic heterocycles. The van der Waals surface area contributed by atoms with Crippen molar-refractivity contribution in [2.75, 3.05) is 25.1 Å². The smallest absolute Gasteiger partial charge is 0.151 e. The molecule has 0 amide bonds. The van der Waals surface area contributed by atoms with Crippen molar-refractivity contribution in [2.45, 2.75) is 51.2 Å². The zero-order valence-electron chi connectivity index (χ0n) is 12.1. The lowest BCUT2D eigenvalue weighted by Gasteiger charge is -2.36. The molecule has 0 spiro atoms. The van der Waals surface area contributed by atoms with Crippen molar-refractivity contribution in [3.63, 3.8) is 0 Å². The zero-order chi connectivity index (χ0) is 14.0. The largest absolute Gasteiger partial charge is 0.393 e.